The lowest BCUT2D eigenvalue weighted by molar-refractivity contribution is -0.231. The third-order valence-electron chi connectivity index (χ3n) is 11.0. The quantitative estimate of drug-likeness (QED) is 0.0318. The molecule has 5 aromatic carbocycles. The summed E-state index contributed by atoms with van der Waals surface area (Å²) >= 11 is 0. The van der Waals surface area contributed by atoms with E-state index in [1.54, 1.807) is 14.2 Å². The van der Waals surface area contributed by atoms with Crippen LogP contribution < -0.4 is 9.47 Å². The fourth-order valence-corrected chi connectivity index (χ4v) is 9.75. The van der Waals surface area contributed by atoms with Crippen LogP contribution in [0, 0.1) is 11.3 Å². The number of nitriles is 1. The van der Waals surface area contributed by atoms with Crippen LogP contribution in [0.5, 0.6) is 11.5 Å². The van der Waals surface area contributed by atoms with Crippen LogP contribution in [0.25, 0.3) is 33.1 Å². The molecule has 11 nitrogen and oxygen atoms in total. The number of fused-ring (bicyclic) bond motifs is 4. The van der Waals surface area contributed by atoms with Crippen LogP contribution >= 0.6 is 8.53 Å². The molecule has 0 bridgehead atoms. The maximum Gasteiger partial charge on any atom is 0.261 e. The molecule has 2 aromatic heterocycles. The molecule has 12 heteroatoms. The minimum Gasteiger partial charge on any atom is -0.497 e. The van der Waals surface area contributed by atoms with Crippen molar-refractivity contribution in [2.45, 2.75) is 77.5 Å². The van der Waals surface area contributed by atoms with Crippen molar-refractivity contribution in [1.82, 2.24) is 19.2 Å². The van der Waals surface area contributed by atoms with Gasteiger partial charge < -0.3 is 28.0 Å². The summed E-state index contributed by atoms with van der Waals surface area (Å²) in [5.41, 5.74) is 6.83. The lowest BCUT2D eigenvalue weighted by Gasteiger charge is -2.46. The highest BCUT2D eigenvalue weighted by molar-refractivity contribution is 7.44. The number of ether oxygens (including phenoxy) is 4. The first-order valence-corrected chi connectivity index (χ1v) is 22.2. The van der Waals surface area contributed by atoms with Gasteiger partial charge in [0.15, 0.2) is 11.4 Å². The van der Waals surface area contributed by atoms with Crippen LogP contribution in [0.3, 0.4) is 0 Å². The van der Waals surface area contributed by atoms with Crippen molar-refractivity contribution < 1.29 is 28.0 Å². The Labute approximate surface area is 366 Å². The van der Waals surface area contributed by atoms with E-state index in [1.165, 1.54) is 0 Å². The van der Waals surface area contributed by atoms with Crippen molar-refractivity contribution in [3.05, 3.63) is 144 Å². The fraction of sp³-hybridized carbons (Fsp3) is 0.340. The second-order valence-corrected chi connectivity index (χ2v) is 17.4. The summed E-state index contributed by atoms with van der Waals surface area (Å²) in [4.78, 5) is 10.1. The number of aryl methyl sites for hydroxylation is 1. The van der Waals surface area contributed by atoms with E-state index in [0.717, 1.165) is 66.9 Å². The molecule has 0 spiro atoms. The summed E-state index contributed by atoms with van der Waals surface area (Å²) in [5.74, 6) is 0.112. The summed E-state index contributed by atoms with van der Waals surface area (Å²) in [7, 11) is 3.59. The molecule has 2 atom stereocenters. The lowest BCUT2D eigenvalue weighted by Crippen LogP contribution is -2.46. The fourth-order valence-electron chi connectivity index (χ4n) is 8.01. The van der Waals surface area contributed by atoms with Gasteiger partial charge in [0.25, 0.3) is 8.53 Å². The van der Waals surface area contributed by atoms with Gasteiger partial charge in [-0.15, -0.1) is 0 Å². The van der Waals surface area contributed by atoms with E-state index >= 15 is 0 Å². The SMILES string of the molecule is COc1ccc(C(O[C@](C)(CCOCc2ccc3nc4c5ccccc5n(C)c4nc3c2)OP(OCCC#N)N(C(C)C)C(C)C)(c2ccccc2)c2ccc(OC)cc2)cc1. The molecule has 7 aromatic rings. The van der Waals surface area contributed by atoms with Crippen molar-refractivity contribution in [2.75, 3.05) is 27.4 Å². The summed E-state index contributed by atoms with van der Waals surface area (Å²) < 4.78 is 43.5. The minimum absolute atomic E-state index is 0.0666. The molecule has 0 radical (unpaired) electrons. The molecule has 0 N–H and O–H groups in total. The highest BCUT2D eigenvalue weighted by Gasteiger charge is 2.47. The Morgan fingerprint density at radius 2 is 1.35 bits per heavy atom. The van der Waals surface area contributed by atoms with Gasteiger partial charge in [-0.05, 0) is 99.3 Å². The predicted molar refractivity (Wildman–Crippen MR) is 246 cm³/mol. The summed E-state index contributed by atoms with van der Waals surface area (Å²) in [6.45, 7) is 11.3. The maximum atomic E-state index is 9.51. The van der Waals surface area contributed by atoms with Crippen molar-refractivity contribution in [2.24, 2.45) is 7.05 Å². The van der Waals surface area contributed by atoms with E-state index in [-0.39, 0.29) is 31.7 Å². The highest BCUT2D eigenvalue weighted by Crippen LogP contribution is 2.53. The van der Waals surface area contributed by atoms with E-state index in [2.05, 4.69) is 67.3 Å². The second kappa shape index (κ2) is 19.7. The third kappa shape index (κ3) is 9.47. The van der Waals surface area contributed by atoms with E-state index in [9.17, 15) is 5.26 Å². The number of aromatic nitrogens is 3. The maximum absolute atomic E-state index is 9.51. The van der Waals surface area contributed by atoms with Crippen LogP contribution in [0.2, 0.25) is 0 Å². The number of nitrogens with zero attached hydrogens (tertiary/aromatic N) is 5. The molecule has 0 saturated carbocycles. The van der Waals surface area contributed by atoms with Gasteiger partial charge in [-0.2, -0.15) is 5.26 Å². The Bertz CT molecular complexity index is 2560. The molecule has 0 saturated heterocycles. The standard InChI is InChI=1S/C50H56N5O6P/c1-35(2)55(36(3)4)62(59-31-14-30-51)61-49(5,29-32-58-34-37-19-28-44-45(33-37)53-48-47(52-44)43-17-12-13-18-46(43)54(48)6)60-50(38-15-10-9-11-16-38,39-20-24-41(56-7)25-21-39)40-22-26-42(57-8)27-23-40/h9-13,15-28,33,35-36H,14,29,31-32,34H2,1-8H3/t49-,62?/m0/s1. The van der Waals surface area contributed by atoms with Gasteiger partial charge in [-0.1, -0.05) is 78.9 Å². The molecule has 322 valence electrons. The van der Waals surface area contributed by atoms with E-state index in [4.69, 9.17) is 38.0 Å². The van der Waals surface area contributed by atoms with Crippen molar-refractivity contribution in [3.8, 4) is 17.6 Å². The molecule has 62 heavy (non-hydrogen) atoms. The van der Waals surface area contributed by atoms with Gasteiger partial charge >= 0.3 is 0 Å². The van der Waals surface area contributed by atoms with Gasteiger partial charge in [0.2, 0.25) is 0 Å². The number of methoxy groups -OCH3 is 2. The number of rotatable bonds is 20. The topological polar surface area (TPSA) is 113 Å². The zero-order valence-electron chi connectivity index (χ0n) is 36.9. The van der Waals surface area contributed by atoms with Crippen LogP contribution in [0.4, 0.5) is 0 Å². The second-order valence-electron chi connectivity index (χ2n) is 16.0. The number of benzene rings is 5. The first-order chi connectivity index (χ1) is 30.0. The van der Waals surface area contributed by atoms with Crippen LogP contribution in [-0.4, -0.2) is 64.5 Å². The van der Waals surface area contributed by atoms with Crippen LogP contribution in [0.15, 0.2) is 121 Å². The number of hydrogen-bond acceptors (Lipinski definition) is 10. The Morgan fingerprint density at radius 1 is 0.742 bits per heavy atom. The Kier molecular flexibility index (Phi) is 14.2. The predicted octanol–water partition coefficient (Wildman–Crippen LogP) is 11.2. The normalized spacial score (nSPS) is 13.6. The smallest absolute Gasteiger partial charge is 0.261 e. The van der Waals surface area contributed by atoms with Gasteiger partial charge in [-0.25, -0.2) is 14.6 Å². The Hall–Kier alpha value is -5.44. The first-order valence-electron chi connectivity index (χ1n) is 21.0. The van der Waals surface area contributed by atoms with Crippen molar-refractivity contribution in [1.29, 1.82) is 5.26 Å². The zero-order valence-corrected chi connectivity index (χ0v) is 37.8. The summed E-state index contributed by atoms with van der Waals surface area (Å²) in [5, 5.41) is 10.6. The Morgan fingerprint density at radius 3 is 1.97 bits per heavy atom. The molecule has 0 aliphatic heterocycles. The molecule has 0 fully saturated rings. The molecule has 0 aliphatic carbocycles. The van der Waals surface area contributed by atoms with Gasteiger partial charge in [0, 0.05) is 30.9 Å². The average Bonchev–Trinajstić information content (AvgIpc) is 3.56. The molecule has 0 aliphatic rings. The van der Waals surface area contributed by atoms with Crippen LogP contribution in [-0.2, 0) is 37.8 Å². The molecule has 1 unspecified atom stereocenters. The zero-order chi connectivity index (χ0) is 43.9. The number of hydrogen-bond donors (Lipinski definition) is 0. The van der Waals surface area contributed by atoms with E-state index in [1.807, 2.05) is 111 Å². The van der Waals surface area contributed by atoms with E-state index < -0.39 is 19.9 Å². The molecular formula is C50H56N5O6P. The first kappa shape index (κ1) is 44.6. The monoisotopic (exact) mass is 853 g/mol. The Balaban J connectivity index is 1.27. The summed E-state index contributed by atoms with van der Waals surface area (Å²) in [6, 6.07) is 42.7. The van der Waals surface area contributed by atoms with Crippen LogP contribution in [0.1, 0.15) is 69.7 Å². The largest absolute Gasteiger partial charge is 0.497 e. The van der Waals surface area contributed by atoms with Gasteiger partial charge in [0.1, 0.15) is 22.6 Å². The lowest BCUT2D eigenvalue weighted by atomic mass is 9.79. The summed E-state index contributed by atoms with van der Waals surface area (Å²) in [6.07, 6.45) is 0.545. The average molecular weight is 854 g/mol. The van der Waals surface area contributed by atoms with Gasteiger partial charge in [0.05, 0.1) is 63.1 Å². The molecule has 0 amide bonds. The molecular weight excluding hydrogens is 798 g/mol. The van der Waals surface area contributed by atoms with E-state index in [0.29, 0.717) is 13.0 Å². The third-order valence-corrected chi connectivity index (χ3v) is 13.2. The molecule has 7 rings (SSSR count). The minimum atomic E-state index is -1.74. The van der Waals surface area contributed by atoms with Crippen molar-refractivity contribution in [3.63, 3.8) is 0 Å². The van der Waals surface area contributed by atoms with Crippen molar-refractivity contribution >= 4 is 41.6 Å². The molecule has 2 heterocycles. The highest BCUT2D eigenvalue weighted by atomic mass is 31.2. The number of para-hydroxylation sites is 1. The van der Waals surface area contributed by atoms with Gasteiger partial charge in [-0.3, -0.25) is 4.52 Å².